The van der Waals surface area contributed by atoms with Gasteiger partial charge in [-0.15, -0.1) is 0 Å². The maximum absolute atomic E-state index is 5.10. The van der Waals surface area contributed by atoms with E-state index in [1.807, 2.05) is 6.92 Å². The van der Waals surface area contributed by atoms with Crippen LogP contribution in [-0.2, 0) is 0 Å². The van der Waals surface area contributed by atoms with E-state index in [0.717, 1.165) is 4.99 Å². The van der Waals surface area contributed by atoms with Gasteiger partial charge in [-0.25, -0.2) is 0 Å². The molecule has 58 valence electrons. The molecule has 2 heteroatoms. The van der Waals surface area contributed by atoms with Crippen LogP contribution in [0, 0.1) is 0 Å². The Bertz CT molecular complexity index is 114. The lowest BCUT2D eigenvalue weighted by Crippen LogP contribution is -2.27. The predicted molar refractivity (Wildman–Crippen MR) is 48.3 cm³/mol. The second-order valence-electron chi connectivity index (χ2n) is 2.92. The van der Waals surface area contributed by atoms with Crippen LogP contribution in [0.5, 0.6) is 0 Å². The summed E-state index contributed by atoms with van der Waals surface area (Å²) >= 11 is 5.10. The second kappa shape index (κ2) is 3.91. The third-order valence-electron chi connectivity index (χ3n) is 2.05. The van der Waals surface area contributed by atoms with Gasteiger partial charge in [0.05, 0.1) is 4.99 Å². The van der Waals surface area contributed by atoms with Crippen molar-refractivity contribution in [2.24, 2.45) is 0 Å². The standard InChI is InChI=1S/C8H15NS/c1-8(10)9-6-4-2-3-5-7-9/h2-7H2,1H3. The molecular formula is C8H15NS. The van der Waals surface area contributed by atoms with Crippen molar-refractivity contribution in [3.63, 3.8) is 0 Å². The molecule has 0 aromatic carbocycles. The molecule has 1 aliphatic heterocycles. The highest BCUT2D eigenvalue weighted by Crippen LogP contribution is 2.09. The van der Waals surface area contributed by atoms with E-state index < -0.39 is 0 Å². The van der Waals surface area contributed by atoms with Crippen LogP contribution >= 0.6 is 12.2 Å². The summed E-state index contributed by atoms with van der Waals surface area (Å²) in [6, 6.07) is 0. The molecule has 1 rings (SSSR count). The average Bonchev–Trinajstić information content (AvgIpc) is 2.12. The molecular weight excluding hydrogens is 142 g/mol. The number of likely N-dealkylation sites (tertiary alicyclic amines) is 1. The third kappa shape index (κ3) is 2.25. The minimum absolute atomic E-state index is 1.07. The second-order valence-corrected chi connectivity index (χ2v) is 3.51. The van der Waals surface area contributed by atoms with E-state index in [2.05, 4.69) is 4.90 Å². The van der Waals surface area contributed by atoms with Crippen LogP contribution in [0.1, 0.15) is 32.6 Å². The van der Waals surface area contributed by atoms with Gasteiger partial charge in [0.1, 0.15) is 0 Å². The van der Waals surface area contributed by atoms with Crippen molar-refractivity contribution >= 4 is 17.2 Å². The Balaban J connectivity index is 2.35. The van der Waals surface area contributed by atoms with Crippen molar-refractivity contribution < 1.29 is 0 Å². The van der Waals surface area contributed by atoms with Crippen LogP contribution in [0.4, 0.5) is 0 Å². The lowest BCUT2D eigenvalue weighted by atomic mass is 10.2. The summed E-state index contributed by atoms with van der Waals surface area (Å²) in [7, 11) is 0. The van der Waals surface area contributed by atoms with Crippen molar-refractivity contribution in [1.29, 1.82) is 0 Å². The van der Waals surface area contributed by atoms with Crippen molar-refractivity contribution in [3.8, 4) is 0 Å². The summed E-state index contributed by atoms with van der Waals surface area (Å²) in [6.07, 6.45) is 5.43. The number of nitrogens with zero attached hydrogens (tertiary/aromatic N) is 1. The highest BCUT2D eigenvalue weighted by molar-refractivity contribution is 7.80. The largest absolute Gasteiger partial charge is 0.366 e. The molecule has 0 aliphatic carbocycles. The molecule has 0 aromatic rings. The minimum Gasteiger partial charge on any atom is -0.366 e. The molecule has 1 nitrogen and oxygen atoms in total. The Hall–Kier alpha value is -0.110. The van der Waals surface area contributed by atoms with Crippen molar-refractivity contribution in [3.05, 3.63) is 0 Å². The highest BCUT2D eigenvalue weighted by atomic mass is 32.1. The van der Waals surface area contributed by atoms with E-state index in [9.17, 15) is 0 Å². The topological polar surface area (TPSA) is 3.24 Å². The SMILES string of the molecule is CC(=S)N1CCCCCC1. The van der Waals surface area contributed by atoms with E-state index in [4.69, 9.17) is 12.2 Å². The van der Waals surface area contributed by atoms with Gasteiger partial charge in [0, 0.05) is 13.1 Å². The molecule has 0 radical (unpaired) electrons. The lowest BCUT2D eigenvalue weighted by molar-refractivity contribution is 0.440. The van der Waals surface area contributed by atoms with Crippen LogP contribution in [-0.4, -0.2) is 23.0 Å². The molecule has 0 spiro atoms. The average molecular weight is 157 g/mol. The van der Waals surface area contributed by atoms with Gasteiger partial charge in [-0.05, 0) is 19.8 Å². The summed E-state index contributed by atoms with van der Waals surface area (Å²) in [5.74, 6) is 0. The van der Waals surface area contributed by atoms with Crippen LogP contribution < -0.4 is 0 Å². The summed E-state index contributed by atoms with van der Waals surface area (Å²) < 4.78 is 0. The van der Waals surface area contributed by atoms with Gasteiger partial charge in [0.25, 0.3) is 0 Å². The molecule has 1 aliphatic rings. The Morgan fingerprint density at radius 2 is 1.60 bits per heavy atom. The molecule has 0 atom stereocenters. The van der Waals surface area contributed by atoms with Gasteiger partial charge in [0.2, 0.25) is 0 Å². The van der Waals surface area contributed by atoms with E-state index in [-0.39, 0.29) is 0 Å². The molecule has 10 heavy (non-hydrogen) atoms. The zero-order valence-corrected chi connectivity index (χ0v) is 7.41. The first-order valence-electron chi connectivity index (χ1n) is 4.06. The summed E-state index contributed by atoms with van der Waals surface area (Å²) in [5.41, 5.74) is 0. The number of rotatable bonds is 0. The Morgan fingerprint density at radius 3 is 2.00 bits per heavy atom. The molecule has 0 saturated carbocycles. The molecule has 1 saturated heterocycles. The van der Waals surface area contributed by atoms with Gasteiger partial charge < -0.3 is 4.90 Å². The lowest BCUT2D eigenvalue weighted by Gasteiger charge is -2.20. The molecule has 1 heterocycles. The third-order valence-corrected chi connectivity index (χ3v) is 2.31. The van der Waals surface area contributed by atoms with E-state index >= 15 is 0 Å². The predicted octanol–water partition coefficient (Wildman–Crippen LogP) is 2.21. The van der Waals surface area contributed by atoms with Crippen molar-refractivity contribution in [1.82, 2.24) is 4.90 Å². The Labute approximate surface area is 68.4 Å². The Morgan fingerprint density at radius 1 is 1.10 bits per heavy atom. The first-order chi connectivity index (χ1) is 4.80. The molecule has 0 amide bonds. The van der Waals surface area contributed by atoms with Gasteiger partial charge in [-0.2, -0.15) is 0 Å². The van der Waals surface area contributed by atoms with E-state index in [1.165, 1.54) is 38.8 Å². The van der Waals surface area contributed by atoms with Gasteiger partial charge in [-0.3, -0.25) is 0 Å². The maximum Gasteiger partial charge on any atom is 0.0747 e. The van der Waals surface area contributed by atoms with Crippen molar-refractivity contribution in [2.45, 2.75) is 32.6 Å². The summed E-state index contributed by atoms with van der Waals surface area (Å²) in [5, 5.41) is 0. The first-order valence-corrected chi connectivity index (χ1v) is 4.47. The molecule has 0 aromatic heterocycles. The van der Waals surface area contributed by atoms with Gasteiger partial charge in [-0.1, -0.05) is 25.1 Å². The van der Waals surface area contributed by atoms with Crippen LogP contribution in [0.25, 0.3) is 0 Å². The quantitative estimate of drug-likeness (QED) is 0.496. The monoisotopic (exact) mass is 157 g/mol. The number of thiocarbonyl (C=S) groups is 1. The fourth-order valence-electron chi connectivity index (χ4n) is 1.39. The minimum atomic E-state index is 1.07. The maximum atomic E-state index is 5.10. The fourth-order valence-corrected chi connectivity index (χ4v) is 1.57. The summed E-state index contributed by atoms with van der Waals surface area (Å²) in [6.45, 7) is 4.41. The molecule has 0 N–H and O–H groups in total. The van der Waals surface area contributed by atoms with E-state index in [1.54, 1.807) is 0 Å². The molecule has 0 unspecified atom stereocenters. The smallest absolute Gasteiger partial charge is 0.0747 e. The number of hydrogen-bond acceptors (Lipinski definition) is 1. The first kappa shape index (κ1) is 7.99. The summed E-state index contributed by atoms with van der Waals surface area (Å²) in [4.78, 5) is 3.39. The number of hydrogen-bond donors (Lipinski definition) is 0. The van der Waals surface area contributed by atoms with Crippen LogP contribution in [0.3, 0.4) is 0 Å². The molecule has 1 fully saturated rings. The van der Waals surface area contributed by atoms with Gasteiger partial charge >= 0.3 is 0 Å². The van der Waals surface area contributed by atoms with Crippen molar-refractivity contribution in [2.75, 3.05) is 13.1 Å². The highest BCUT2D eigenvalue weighted by Gasteiger charge is 2.07. The van der Waals surface area contributed by atoms with Gasteiger partial charge in [0.15, 0.2) is 0 Å². The Kier molecular flexibility index (Phi) is 3.13. The van der Waals surface area contributed by atoms with Crippen LogP contribution in [0.15, 0.2) is 0 Å². The van der Waals surface area contributed by atoms with Crippen LogP contribution in [0.2, 0.25) is 0 Å². The zero-order valence-electron chi connectivity index (χ0n) is 6.60. The molecule has 0 bridgehead atoms. The normalized spacial score (nSPS) is 20.3. The van der Waals surface area contributed by atoms with E-state index in [0.29, 0.717) is 0 Å². The fraction of sp³-hybridized carbons (Fsp3) is 0.875. The zero-order chi connectivity index (χ0) is 7.40.